The highest BCUT2D eigenvalue weighted by atomic mass is 35.5. The predicted molar refractivity (Wildman–Crippen MR) is 65.7 cm³/mol. The lowest BCUT2D eigenvalue weighted by Crippen LogP contribution is -2.45. The molecule has 0 heterocycles. The Morgan fingerprint density at radius 2 is 2.11 bits per heavy atom. The predicted octanol–water partition coefficient (Wildman–Crippen LogP) is 3.05. The van der Waals surface area contributed by atoms with Crippen molar-refractivity contribution in [2.75, 3.05) is 0 Å². The number of hydrogen-bond acceptors (Lipinski definition) is 2. The summed E-state index contributed by atoms with van der Waals surface area (Å²) >= 11 is 5.81. The first kappa shape index (κ1) is 12.8. The van der Waals surface area contributed by atoms with Gasteiger partial charge in [-0.1, -0.05) is 11.6 Å². The molecule has 1 aromatic rings. The molecule has 1 aliphatic carbocycles. The third-order valence-electron chi connectivity index (χ3n) is 3.20. The van der Waals surface area contributed by atoms with E-state index in [1.54, 1.807) is 0 Å². The number of benzene rings is 1. The second-order valence-electron chi connectivity index (χ2n) is 4.48. The fourth-order valence-electron chi connectivity index (χ4n) is 2.20. The van der Waals surface area contributed by atoms with Gasteiger partial charge in [0, 0.05) is 0 Å². The van der Waals surface area contributed by atoms with E-state index in [4.69, 9.17) is 16.9 Å². The van der Waals surface area contributed by atoms with E-state index in [1.807, 2.05) is 0 Å². The van der Waals surface area contributed by atoms with Gasteiger partial charge >= 0.3 is 0 Å². The fourth-order valence-corrected chi connectivity index (χ4v) is 2.45. The van der Waals surface area contributed by atoms with E-state index in [-0.39, 0.29) is 10.6 Å². The van der Waals surface area contributed by atoms with Crippen molar-refractivity contribution in [3.63, 3.8) is 0 Å². The van der Waals surface area contributed by atoms with Gasteiger partial charge in [0.05, 0.1) is 16.7 Å². The number of nitriles is 1. The van der Waals surface area contributed by atoms with Crippen molar-refractivity contribution in [1.82, 2.24) is 5.32 Å². The molecular formula is C13H12ClFN2O. The molecule has 1 N–H and O–H groups in total. The smallest absolute Gasteiger partial charge is 0.254 e. The van der Waals surface area contributed by atoms with Crippen LogP contribution in [0.3, 0.4) is 0 Å². The lowest BCUT2D eigenvalue weighted by Gasteiger charge is -2.22. The lowest BCUT2D eigenvalue weighted by atomic mass is 9.99. The first-order chi connectivity index (χ1) is 8.56. The Hall–Kier alpha value is -1.60. The van der Waals surface area contributed by atoms with Crippen LogP contribution in [0.1, 0.15) is 36.0 Å². The molecule has 0 bridgehead atoms. The van der Waals surface area contributed by atoms with Gasteiger partial charge in [0.15, 0.2) is 0 Å². The maximum atomic E-state index is 12.9. The van der Waals surface area contributed by atoms with Gasteiger partial charge in [0.25, 0.3) is 5.91 Å². The molecule has 5 heteroatoms. The number of amides is 1. The number of rotatable bonds is 2. The number of hydrogen-bond donors (Lipinski definition) is 1. The Labute approximate surface area is 110 Å². The van der Waals surface area contributed by atoms with Crippen molar-refractivity contribution in [3.8, 4) is 6.07 Å². The van der Waals surface area contributed by atoms with Crippen LogP contribution in [-0.4, -0.2) is 11.4 Å². The summed E-state index contributed by atoms with van der Waals surface area (Å²) < 4.78 is 12.9. The molecule has 0 atom stereocenters. The summed E-state index contributed by atoms with van der Waals surface area (Å²) in [5.74, 6) is -0.920. The first-order valence-electron chi connectivity index (χ1n) is 5.75. The molecule has 1 aromatic carbocycles. The summed E-state index contributed by atoms with van der Waals surface area (Å²) in [4.78, 5) is 12.0. The van der Waals surface area contributed by atoms with Crippen LogP contribution in [0.5, 0.6) is 0 Å². The van der Waals surface area contributed by atoms with Crippen molar-refractivity contribution < 1.29 is 9.18 Å². The van der Waals surface area contributed by atoms with Gasteiger partial charge in [-0.3, -0.25) is 4.79 Å². The molecule has 18 heavy (non-hydrogen) atoms. The van der Waals surface area contributed by atoms with Crippen molar-refractivity contribution in [1.29, 1.82) is 5.26 Å². The fraction of sp³-hybridized carbons (Fsp3) is 0.385. The Kier molecular flexibility index (Phi) is 3.53. The zero-order valence-corrected chi connectivity index (χ0v) is 10.4. The minimum Gasteiger partial charge on any atom is -0.334 e. The van der Waals surface area contributed by atoms with E-state index >= 15 is 0 Å². The van der Waals surface area contributed by atoms with Crippen molar-refractivity contribution in [2.24, 2.45) is 0 Å². The van der Waals surface area contributed by atoms with Crippen molar-refractivity contribution in [3.05, 3.63) is 34.6 Å². The molecule has 0 aliphatic heterocycles. The molecule has 1 amide bonds. The van der Waals surface area contributed by atoms with E-state index in [9.17, 15) is 9.18 Å². The van der Waals surface area contributed by atoms with Crippen LogP contribution in [0.2, 0.25) is 5.02 Å². The van der Waals surface area contributed by atoms with Crippen molar-refractivity contribution in [2.45, 2.75) is 31.2 Å². The van der Waals surface area contributed by atoms with E-state index in [2.05, 4.69) is 11.4 Å². The zero-order chi connectivity index (χ0) is 13.2. The molecule has 0 saturated heterocycles. The van der Waals surface area contributed by atoms with Crippen LogP contribution in [0.25, 0.3) is 0 Å². The molecule has 0 aromatic heterocycles. The third kappa shape index (κ3) is 2.46. The third-order valence-corrected chi connectivity index (χ3v) is 3.51. The van der Waals surface area contributed by atoms with Crippen LogP contribution in [0.4, 0.5) is 4.39 Å². The molecule has 94 valence electrons. The zero-order valence-electron chi connectivity index (χ0n) is 9.67. The second kappa shape index (κ2) is 4.95. The molecule has 1 aliphatic rings. The van der Waals surface area contributed by atoms with E-state index in [0.29, 0.717) is 12.8 Å². The summed E-state index contributed by atoms with van der Waals surface area (Å²) in [5.41, 5.74) is -0.603. The molecule has 3 nitrogen and oxygen atoms in total. The Morgan fingerprint density at radius 1 is 1.44 bits per heavy atom. The normalized spacial score (nSPS) is 17.2. The van der Waals surface area contributed by atoms with Gasteiger partial charge in [0.1, 0.15) is 11.4 Å². The maximum Gasteiger partial charge on any atom is 0.254 e. The van der Waals surface area contributed by atoms with E-state index < -0.39 is 17.3 Å². The summed E-state index contributed by atoms with van der Waals surface area (Å²) in [7, 11) is 0. The Morgan fingerprint density at radius 3 is 2.67 bits per heavy atom. The Balaban J connectivity index is 2.19. The highest BCUT2D eigenvalue weighted by Gasteiger charge is 2.35. The van der Waals surface area contributed by atoms with Gasteiger partial charge in [-0.05, 0) is 43.9 Å². The number of halogens is 2. The highest BCUT2D eigenvalue weighted by Crippen LogP contribution is 2.29. The highest BCUT2D eigenvalue weighted by molar-refractivity contribution is 6.33. The lowest BCUT2D eigenvalue weighted by molar-refractivity contribution is 0.0921. The van der Waals surface area contributed by atoms with Crippen LogP contribution in [-0.2, 0) is 0 Å². The van der Waals surface area contributed by atoms with Gasteiger partial charge < -0.3 is 5.32 Å². The molecule has 2 rings (SSSR count). The first-order valence-corrected chi connectivity index (χ1v) is 6.13. The summed E-state index contributed by atoms with van der Waals surface area (Å²) in [6.07, 6.45) is 3.14. The molecule has 0 radical (unpaired) electrons. The summed E-state index contributed by atoms with van der Waals surface area (Å²) in [6, 6.07) is 5.75. The van der Waals surface area contributed by atoms with Crippen LogP contribution in [0, 0.1) is 17.1 Å². The number of carbonyl (C=O) groups excluding carboxylic acids is 1. The SMILES string of the molecule is N#CC1(NC(=O)c2ccc(F)cc2Cl)CCCC1. The van der Waals surface area contributed by atoms with Gasteiger partial charge in [-0.15, -0.1) is 0 Å². The van der Waals surface area contributed by atoms with Crippen molar-refractivity contribution >= 4 is 17.5 Å². The number of nitrogens with one attached hydrogen (secondary N) is 1. The monoisotopic (exact) mass is 266 g/mol. The number of carbonyl (C=O) groups is 1. The standard InChI is InChI=1S/C13H12ClFN2O/c14-11-7-9(15)3-4-10(11)12(18)17-13(8-16)5-1-2-6-13/h3-4,7H,1-2,5-6H2,(H,17,18). The molecule has 0 unspecified atom stereocenters. The molecule has 1 saturated carbocycles. The van der Waals surface area contributed by atoms with Gasteiger partial charge in [-0.2, -0.15) is 5.26 Å². The van der Waals surface area contributed by atoms with E-state index in [0.717, 1.165) is 18.9 Å². The van der Waals surface area contributed by atoms with Crippen LogP contribution >= 0.6 is 11.6 Å². The largest absolute Gasteiger partial charge is 0.334 e. The topological polar surface area (TPSA) is 52.9 Å². The minimum absolute atomic E-state index is 0.0542. The average Bonchev–Trinajstić information content (AvgIpc) is 2.78. The van der Waals surface area contributed by atoms with E-state index in [1.165, 1.54) is 12.1 Å². The van der Waals surface area contributed by atoms with Crippen LogP contribution < -0.4 is 5.32 Å². The molecular weight excluding hydrogens is 255 g/mol. The number of nitrogens with zero attached hydrogens (tertiary/aromatic N) is 1. The second-order valence-corrected chi connectivity index (χ2v) is 4.89. The van der Waals surface area contributed by atoms with Gasteiger partial charge in [0.2, 0.25) is 0 Å². The summed E-state index contributed by atoms with van der Waals surface area (Å²) in [5, 5.41) is 11.9. The molecule has 1 fully saturated rings. The summed E-state index contributed by atoms with van der Waals surface area (Å²) in [6.45, 7) is 0. The quantitative estimate of drug-likeness (QED) is 0.894. The average molecular weight is 267 g/mol. The van der Waals surface area contributed by atoms with Crippen LogP contribution in [0.15, 0.2) is 18.2 Å². The minimum atomic E-state index is -0.797. The maximum absolute atomic E-state index is 12.9. The molecule has 0 spiro atoms. The van der Waals surface area contributed by atoms with Gasteiger partial charge in [-0.25, -0.2) is 4.39 Å². The Bertz CT molecular complexity index is 518.